The van der Waals surface area contributed by atoms with E-state index in [4.69, 9.17) is 62.9 Å². The first-order valence-corrected chi connectivity index (χ1v) is 26.5. The van der Waals surface area contributed by atoms with Crippen LogP contribution in [0.3, 0.4) is 0 Å². The Balaban J connectivity index is 3.17. The Morgan fingerprint density at radius 3 is 1.86 bits per heavy atom. The molecule has 0 aromatic carbocycles. The molecule has 1 saturated heterocycles. The van der Waals surface area contributed by atoms with Crippen molar-refractivity contribution in [2.75, 3.05) is 19.8 Å². The first kappa shape index (κ1) is 55.9. The van der Waals surface area contributed by atoms with Gasteiger partial charge in [0.2, 0.25) is 3.79 Å². The van der Waals surface area contributed by atoms with Crippen molar-refractivity contribution in [3.05, 3.63) is 12.7 Å². The summed E-state index contributed by atoms with van der Waals surface area (Å²) in [5.41, 5.74) is 0. The lowest BCUT2D eigenvalue weighted by Crippen LogP contribution is -2.66. The molecule has 0 spiro atoms. The van der Waals surface area contributed by atoms with Crippen LogP contribution in [0.1, 0.15) is 169 Å². The minimum absolute atomic E-state index is 0.00828. The Morgan fingerprint density at radius 1 is 0.831 bits per heavy atom. The quantitative estimate of drug-likeness (QED) is 0.0167. The molecule has 1 aliphatic rings. The van der Waals surface area contributed by atoms with Crippen LogP contribution in [0.15, 0.2) is 12.7 Å². The van der Waals surface area contributed by atoms with Gasteiger partial charge < -0.3 is 38.5 Å². The van der Waals surface area contributed by atoms with Gasteiger partial charge in [-0.3, -0.25) is 9.59 Å². The molecule has 0 radical (unpaired) electrons. The van der Waals surface area contributed by atoms with Crippen molar-refractivity contribution in [3.8, 4) is 0 Å². The summed E-state index contributed by atoms with van der Waals surface area (Å²) in [6.45, 7) is 18.0. The van der Waals surface area contributed by atoms with Gasteiger partial charge in [-0.25, -0.2) is 4.79 Å². The summed E-state index contributed by atoms with van der Waals surface area (Å²) >= 11 is 17.4. The number of esters is 2. The SMILES string of the molecule is C=CCO[C@H]1O[C@H](CO[Si](C)(C)C(C)(C)C)[C@@H](O)[C@H](OC(=O)C[C@@H](CCCCCCCCCCC)OC(=O)CCCCCCCCCCC)[C@H]1NC(=O)OCC(Cl)(Cl)Cl. The minimum atomic E-state index is -2.31. The molecule has 0 aliphatic carbocycles. The number of aliphatic hydroxyl groups is 1. The maximum Gasteiger partial charge on any atom is 0.407 e. The third-order valence-electron chi connectivity index (χ3n) is 11.2. The smallest absolute Gasteiger partial charge is 0.407 e. The highest BCUT2D eigenvalue weighted by Gasteiger charge is 2.50. The summed E-state index contributed by atoms with van der Waals surface area (Å²) < 4.78 is 33.7. The number of halogens is 3. The first-order chi connectivity index (χ1) is 27.8. The molecular weight excluding hydrogens is 837 g/mol. The van der Waals surface area contributed by atoms with Crippen LogP contribution >= 0.6 is 34.8 Å². The van der Waals surface area contributed by atoms with Gasteiger partial charge in [0, 0.05) is 6.42 Å². The summed E-state index contributed by atoms with van der Waals surface area (Å²) in [7, 11) is -2.31. The molecule has 346 valence electrons. The second-order valence-corrected chi connectivity index (χ2v) is 24.9. The normalized spacial score (nSPS) is 20.5. The molecule has 0 aromatic rings. The number of nitrogens with one attached hydrogen (secondary N) is 1. The zero-order valence-electron chi connectivity index (χ0n) is 37.5. The van der Waals surface area contributed by atoms with Crippen molar-refractivity contribution in [3.63, 3.8) is 0 Å². The Bertz CT molecular complexity index is 1170. The lowest BCUT2D eigenvalue weighted by Gasteiger charge is -2.45. The molecule has 0 unspecified atom stereocenters. The van der Waals surface area contributed by atoms with Gasteiger partial charge in [0.1, 0.15) is 31.0 Å². The lowest BCUT2D eigenvalue weighted by molar-refractivity contribution is -0.269. The number of amides is 1. The fraction of sp³-hybridized carbons (Fsp3) is 0.886. The van der Waals surface area contributed by atoms with Crippen molar-refractivity contribution < 1.29 is 47.6 Å². The fourth-order valence-corrected chi connectivity index (χ4v) is 7.76. The Kier molecular flexibility index (Phi) is 29.2. The average Bonchev–Trinajstić information content (AvgIpc) is 3.15. The van der Waals surface area contributed by atoms with E-state index in [1.807, 2.05) is 0 Å². The van der Waals surface area contributed by atoms with Crippen LogP contribution in [0.2, 0.25) is 18.1 Å². The van der Waals surface area contributed by atoms with E-state index < -0.39 is 67.5 Å². The van der Waals surface area contributed by atoms with Crippen LogP contribution in [-0.4, -0.2) is 91.8 Å². The highest BCUT2D eigenvalue weighted by Crippen LogP contribution is 2.37. The number of alkyl halides is 3. The van der Waals surface area contributed by atoms with E-state index in [2.05, 4.69) is 59.6 Å². The van der Waals surface area contributed by atoms with Crippen LogP contribution in [0.5, 0.6) is 0 Å². The van der Waals surface area contributed by atoms with E-state index in [0.29, 0.717) is 6.42 Å². The van der Waals surface area contributed by atoms with E-state index in [0.717, 1.165) is 51.4 Å². The molecule has 1 heterocycles. The van der Waals surface area contributed by atoms with Crippen molar-refractivity contribution in [2.45, 2.75) is 228 Å². The topological polar surface area (TPSA) is 139 Å². The van der Waals surface area contributed by atoms with Crippen LogP contribution < -0.4 is 5.32 Å². The third kappa shape index (κ3) is 25.6. The van der Waals surface area contributed by atoms with Crippen LogP contribution in [0.4, 0.5) is 4.79 Å². The van der Waals surface area contributed by atoms with Gasteiger partial charge in [-0.2, -0.15) is 0 Å². The number of ether oxygens (including phenoxy) is 5. The minimum Gasteiger partial charge on any atom is -0.462 e. The number of carbonyl (C=O) groups is 3. The van der Waals surface area contributed by atoms with Crippen molar-refractivity contribution in [2.24, 2.45) is 0 Å². The van der Waals surface area contributed by atoms with Gasteiger partial charge in [0.25, 0.3) is 0 Å². The number of hydrogen-bond donors (Lipinski definition) is 2. The molecule has 1 amide bonds. The predicted molar refractivity (Wildman–Crippen MR) is 241 cm³/mol. The molecular formula is C44H80Cl3NO10Si. The summed E-state index contributed by atoms with van der Waals surface area (Å²) in [5.74, 6) is -1.06. The van der Waals surface area contributed by atoms with Crippen LogP contribution in [0, 0.1) is 0 Å². The molecule has 59 heavy (non-hydrogen) atoms. The number of rotatable bonds is 32. The zero-order chi connectivity index (χ0) is 44.3. The summed E-state index contributed by atoms with van der Waals surface area (Å²) in [4.78, 5) is 39.9. The van der Waals surface area contributed by atoms with Crippen LogP contribution in [0.25, 0.3) is 0 Å². The lowest BCUT2D eigenvalue weighted by atomic mass is 9.96. The average molecular weight is 918 g/mol. The summed E-state index contributed by atoms with van der Waals surface area (Å²) in [5, 5.41) is 14.2. The first-order valence-electron chi connectivity index (χ1n) is 22.4. The van der Waals surface area contributed by atoms with Crippen molar-refractivity contribution in [1.82, 2.24) is 5.32 Å². The number of unbranched alkanes of at least 4 members (excludes halogenated alkanes) is 16. The third-order valence-corrected chi connectivity index (χ3v) is 16.0. The predicted octanol–water partition coefficient (Wildman–Crippen LogP) is 11.8. The monoisotopic (exact) mass is 915 g/mol. The van der Waals surface area contributed by atoms with E-state index >= 15 is 0 Å². The number of hydrogen-bond acceptors (Lipinski definition) is 10. The standard InChI is InChI=1S/C44H80Cl3NO10Si/c1-9-12-14-16-18-20-22-24-26-28-34(56-36(49)29-27-25-23-21-19-17-15-13-10-2)31-37(50)58-40-38(48-42(52)54-33-44(45,46)47)41(53-30-11-3)57-35(39(40)51)32-55-59(7,8)43(4,5)6/h11,34-35,38-41,51H,3,9-10,12-33H2,1-2,4-8H3,(H,48,52)/t34-,35-,38-,39-,40-,41+/m1/s1. The van der Waals surface area contributed by atoms with Gasteiger partial charge >= 0.3 is 18.0 Å². The van der Waals surface area contributed by atoms with Gasteiger partial charge in [-0.1, -0.05) is 178 Å². The number of aliphatic hydroxyl groups excluding tert-OH is 1. The molecule has 0 saturated carbocycles. The van der Waals surface area contributed by atoms with Gasteiger partial charge in [0.05, 0.1) is 19.6 Å². The second-order valence-electron chi connectivity index (χ2n) is 17.6. The Hall–Kier alpha value is -1.12. The fourth-order valence-electron chi connectivity index (χ4n) is 6.58. The van der Waals surface area contributed by atoms with Gasteiger partial charge in [0.15, 0.2) is 20.7 Å². The van der Waals surface area contributed by atoms with E-state index in [9.17, 15) is 19.5 Å². The molecule has 11 nitrogen and oxygen atoms in total. The number of carbonyl (C=O) groups excluding carboxylic acids is 3. The molecule has 1 rings (SSSR count). The molecule has 0 aromatic heterocycles. The maximum atomic E-state index is 13.9. The van der Waals surface area contributed by atoms with Gasteiger partial charge in [-0.05, 0) is 37.4 Å². The number of alkyl carbamates (subject to hydrolysis) is 1. The van der Waals surface area contributed by atoms with E-state index in [1.54, 1.807) is 0 Å². The molecule has 15 heteroatoms. The van der Waals surface area contributed by atoms with E-state index in [1.165, 1.54) is 70.3 Å². The molecule has 1 aliphatic heterocycles. The molecule has 6 atom stereocenters. The summed E-state index contributed by atoms with van der Waals surface area (Å²) in [6, 6.07) is -1.26. The molecule has 0 bridgehead atoms. The maximum absolute atomic E-state index is 13.9. The van der Waals surface area contributed by atoms with Crippen LogP contribution in [-0.2, 0) is 37.7 Å². The highest BCUT2D eigenvalue weighted by molar-refractivity contribution is 6.74. The van der Waals surface area contributed by atoms with E-state index in [-0.39, 0.29) is 37.1 Å². The zero-order valence-corrected chi connectivity index (χ0v) is 40.7. The largest absolute Gasteiger partial charge is 0.462 e. The Morgan fingerprint density at radius 2 is 1.36 bits per heavy atom. The second kappa shape index (κ2) is 30.8. The van der Waals surface area contributed by atoms with Crippen molar-refractivity contribution >= 4 is 61.2 Å². The highest BCUT2D eigenvalue weighted by atomic mass is 35.6. The molecule has 2 N–H and O–H groups in total. The van der Waals surface area contributed by atoms with Crippen molar-refractivity contribution in [1.29, 1.82) is 0 Å². The summed E-state index contributed by atoms with van der Waals surface area (Å²) in [6.07, 6.45) is 15.5. The Labute approximate surface area is 373 Å². The van der Waals surface area contributed by atoms with Gasteiger partial charge in [-0.15, -0.1) is 6.58 Å². The molecule has 1 fully saturated rings.